The van der Waals surface area contributed by atoms with Gasteiger partial charge in [-0.2, -0.15) is 13.2 Å². The van der Waals surface area contributed by atoms with E-state index >= 15 is 0 Å². The molecule has 0 aliphatic rings. The summed E-state index contributed by atoms with van der Waals surface area (Å²) < 4.78 is 54.8. The summed E-state index contributed by atoms with van der Waals surface area (Å²) in [5.41, 5.74) is -1.09. The molecule has 0 saturated heterocycles. The van der Waals surface area contributed by atoms with E-state index in [0.29, 0.717) is 6.20 Å². The van der Waals surface area contributed by atoms with E-state index in [9.17, 15) is 22.4 Å². The van der Waals surface area contributed by atoms with Crippen LogP contribution in [0.3, 0.4) is 0 Å². The maximum atomic E-state index is 12.8. The van der Waals surface area contributed by atoms with Gasteiger partial charge in [0.1, 0.15) is 17.3 Å². The number of anilines is 1. The molecule has 1 aromatic carbocycles. The second-order valence-corrected chi connectivity index (χ2v) is 4.46. The number of rotatable bonds is 4. The minimum atomic E-state index is -4.59. The number of benzene rings is 1. The summed E-state index contributed by atoms with van der Waals surface area (Å²) in [4.78, 5) is 16.8. The van der Waals surface area contributed by atoms with Crippen molar-refractivity contribution in [2.24, 2.45) is 0 Å². The number of nitrogens with zero attached hydrogens (tertiary/aromatic N) is 1. The Labute approximate surface area is 126 Å². The maximum absolute atomic E-state index is 12.8. The van der Waals surface area contributed by atoms with E-state index in [1.807, 2.05) is 4.98 Å². The van der Waals surface area contributed by atoms with Gasteiger partial charge in [-0.25, -0.2) is 9.37 Å². The molecule has 0 unspecified atom stereocenters. The zero-order chi connectivity index (χ0) is 16.3. The van der Waals surface area contributed by atoms with Crippen LogP contribution >= 0.6 is 11.6 Å². The van der Waals surface area contributed by atoms with Crippen molar-refractivity contribution in [2.45, 2.75) is 6.18 Å². The molecular formula is C12H8ClF4N3O2. The van der Waals surface area contributed by atoms with Crippen molar-refractivity contribution >= 4 is 23.5 Å². The molecule has 0 spiro atoms. The molecule has 0 radical (unpaired) electrons. The average Bonchev–Trinajstić information content (AvgIpc) is 2.86. The zero-order valence-electron chi connectivity index (χ0n) is 10.7. The van der Waals surface area contributed by atoms with Crippen molar-refractivity contribution in [3.8, 4) is 5.75 Å². The summed E-state index contributed by atoms with van der Waals surface area (Å²) in [6.45, 7) is -0.534. The number of hydrogen-bond donors (Lipinski definition) is 2. The highest BCUT2D eigenvalue weighted by atomic mass is 35.5. The number of aromatic amines is 1. The molecule has 0 saturated carbocycles. The largest absolute Gasteiger partial charge is 0.482 e. The topological polar surface area (TPSA) is 67.0 Å². The molecule has 1 aromatic heterocycles. The van der Waals surface area contributed by atoms with Gasteiger partial charge in [0.25, 0.3) is 5.91 Å². The van der Waals surface area contributed by atoms with Gasteiger partial charge in [0.2, 0.25) is 5.95 Å². The Bertz CT molecular complexity index is 687. The molecule has 118 valence electrons. The molecule has 0 fully saturated rings. The maximum Gasteiger partial charge on any atom is 0.432 e. The predicted molar refractivity (Wildman–Crippen MR) is 69.1 cm³/mol. The Balaban J connectivity index is 1.92. The quantitative estimate of drug-likeness (QED) is 0.842. The fraction of sp³-hybridized carbons (Fsp3) is 0.167. The van der Waals surface area contributed by atoms with Gasteiger partial charge in [0.05, 0.1) is 11.2 Å². The number of imidazole rings is 1. The van der Waals surface area contributed by atoms with Crippen LogP contribution in [0.15, 0.2) is 24.4 Å². The Morgan fingerprint density at radius 3 is 2.73 bits per heavy atom. The Morgan fingerprint density at radius 1 is 1.41 bits per heavy atom. The van der Waals surface area contributed by atoms with Crippen LogP contribution in [-0.4, -0.2) is 22.5 Å². The number of ether oxygens (including phenoxy) is 1. The number of carbonyl (C=O) groups is 1. The number of alkyl halides is 3. The first kappa shape index (κ1) is 16.1. The Hall–Kier alpha value is -2.29. The molecule has 10 heteroatoms. The van der Waals surface area contributed by atoms with E-state index in [1.165, 1.54) is 6.07 Å². The first-order valence-electron chi connectivity index (χ1n) is 5.75. The van der Waals surface area contributed by atoms with Gasteiger partial charge in [0, 0.05) is 0 Å². The number of hydrogen-bond acceptors (Lipinski definition) is 3. The van der Waals surface area contributed by atoms with Crippen molar-refractivity contribution in [2.75, 3.05) is 11.9 Å². The smallest absolute Gasteiger partial charge is 0.432 e. The molecule has 1 amide bonds. The van der Waals surface area contributed by atoms with E-state index in [1.54, 1.807) is 0 Å². The lowest BCUT2D eigenvalue weighted by atomic mass is 10.3. The molecule has 1 heterocycles. The first-order chi connectivity index (χ1) is 10.3. The first-order valence-corrected chi connectivity index (χ1v) is 6.13. The number of aromatic nitrogens is 2. The third-order valence-electron chi connectivity index (χ3n) is 2.39. The lowest BCUT2D eigenvalue weighted by molar-refractivity contribution is -0.140. The average molecular weight is 338 g/mol. The minimum absolute atomic E-state index is 0.0369. The van der Waals surface area contributed by atoms with Crippen LogP contribution in [-0.2, 0) is 11.0 Å². The highest BCUT2D eigenvalue weighted by molar-refractivity contribution is 6.32. The van der Waals surface area contributed by atoms with E-state index in [-0.39, 0.29) is 16.7 Å². The van der Waals surface area contributed by atoms with E-state index in [0.717, 1.165) is 12.1 Å². The van der Waals surface area contributed by atoms with Crippen LogP contribution in [0.5, 0.6) is 5.75 Å². The summed E-state index contributed by atoms with van der Waals surface area (Å²) in [6, 6.07) is 3.30. The number of amides is 1. The van der Waals surface area contributed by atoms with E-state index in [2.05, 4.69) is 10.3 Å². The zero-order valence-corrected chi connectivity index (χ0v) is 11.4. The molecule has 0 aliphatic heterocycles. The summed E-state index contributed by atoms with van der Waals surface area (Å²) in [6.07, 6.45) is -4.04. The highest BCUT2D eigenvalue weighted by Crippen LogP contribution is 2.28. The second-order valence-electron chi connectivity index (χ2n) is 4.05. The third-order valence-corrected chi connectivity index (χ3v) is 2.69. The number of nitrogens with one attached hydrogen (secondary N) is 2. The van der Waals surface area contributed by atoms with Crippen molar-refractivity contribution in [1.29, 1.82) is 0 Å². The molecule has 0 aliphatic carbocycles. The predicted octanol–water partition coefficient (Wildman–Crippen LogP) is 3.24. The van der Waals surface area contributed by atoms with Crippen molar-refractivity contribution < 1.29 is 27.1 Å². The van der Waals surface area contributed by atoms with Gasteiger partial charge in [-0.15, -0.1) is 0 Å². The van der Waals surface area contributed by atoms with Crippen LogP contribution < -0.4 is 10.1 Å². The normalized spacial score (nSPS) is 11.3. The molecule has 2 rings (SSSR count). The van der Waals surface area contributed by atoms with Gasteiger partial charge in [-0.1, -0.05) is 11.6 Å². The highest BCUT2D eigenvalue weighted by Gasteiger charge is 2.33. The monoisotopic (exact) mass is 337 g/mol. The van der Waals surface area contributed by atoms with Gasteiger partial charge in [-0.3, -0.25) is 10.1 Å². The molecule has 2 aromatic rings. The molecule has 0 atom stereocenters. The summed E-state index contributed by atoms with van der Waals surface area (Å²) in [5, 5.41) is 2.05. The van der Waals surface area contributed by atoms with Gasteiger partial charge in [0.15, 0.2) is 6.61 Å². The summed E-state index contributed by atoms with van der Waals surface area (Å²) in [7, 11) is 0. The summed E-state index contributed by atoms with van der Waals surface area (Å²) >= 11 is 5.69. The second kappa shape index (κ2) is 6.22. The van der Waals surface area contributed by atoms with Gasteiger partial charge in [-0.05, 0) is 18.2 Å². The van der Waals surface area contributed by atoms with Crippen LogP contribution in [0.1, 0.15) is 5.69 Å². The lowest BCUT2D eigenvalue weighted by Crippen LogP contribution is -2.21. The lowest BCUT2D eigenvalue weighted by Gasteiger charge is -2.07. The van der Waals surface area contributed by atoms with Gasteiger partial charge >= 0.3 is 6.18 Å². The molecule has 5 nitrogen and oxygen atoms in total. The molecule has 0 bridgehead atoms. The van der Waals surface area contributed by atoms with Crippen molar-refractivity contribution in [3.05, 3.63) is 40.9 Å². The Morgan fingerprint density at radius 2 is 2.14 bits per heavy atom. The van der Waals surface area contributed by atoms with Crippen LogP contribution in [0.25, 0.3) is 0 Å². The number of H-pyrrole nitrogens is 1. The Kier molecular flexibility index (Phi) is 4.55. The van der Waals surface area contributed by atoms with Crippen molar-refractivity contribution in [1.82, 2.24) is 9.97 Å². The van der Waals surface area contributed by atoms with Gasteiger partial charge < -0.3 is 9.72 Å². The molecular weight excluding hydrogens is 330 g/mol. The van der Waals surface area contributed by atoms with Crippen LogP contribution in [0.4, 0.5) is 23.5 Å². The van der Waals surface area contributed by atoms with Crippen LogP contribution in [0.2, 0.25) is 5.02 Å². The number of halogens is 5. The fourth-order valence-electron chi connectivity index (χ4n) is 1.43. The standard InChI is InChI=1S/C12H8ClF4N3O2/c13-7-3-6(14)1-2-8(7)22-5-10(21)20-11-18-4-9(19-11)12(15,16)17/h1-4H,5H2,(H2,18,19,20,21). The van der Waals surface area contributed by atoms with Crippen molar-refractivity contribution in [3.63, 3.8) is 0 Å². The summed E-state index contributed by atoms with van der Waals surface area (Å²) in [5.74, 6) is -1.64. The van der Waals surface area contributed by atoms with Crippen LogP contribution in [0, 0.1) is 5.82 Å². The molecule has 2 N–H and O–H groups in total. The fourth-order valence-corrected chi connectivity index (χ4v) is 1.65. The molecule has 22 heavy (non-hydrogen) atoms. The number of carbonyl (C=O) groups excluding carboxylic acids is 1. The SMILES string of the molecule is O=C(COc1ccc(F)cc1Cl)Nc1ncc(C(F)(F)F)[nH]1. The van der Waals surface area contributed by atoms with E-state index < -0.39 is 30.2 Å². The third kappa shape index (κ3) is 4.10. The minimum Gasteiger partial charge on any atom is -0.482 e. The van der Waals surface area contributed by atoms with E-state index in [4.69, 9.17) is 16.3 Å².